The van der Waals surface area contributed by atoms with Crippen LogP contribution in [0.1, 0.15) is 43.9 Å². The summed E-state index contributed by atoms with van der Waals surface area (Å²) in [5, 5.41) is 4.07. The Bertz CT molecular complexity index is 731. The summed E-state index contributed by atoms with van der Waals surface area (Å²) in [5.41, 5.74) is 1.59. The van der Waals surface area contributed by atoms with E-state index in [9.17, 15) is 4.79 Å². The lowest BCUT2D eigenvalue weighted by atomic mass is 9.96. The van der Waals surface area contributed by atoms with Crippen molar-refractivity contribution in [1.82, 2.24) is 15.2 Å². The van der Waals surface area contributed by atoms with E-state index in [0.717, 1.165) is 55.9 Å². The number of piperidine rings is 1. The van der Waals surface area contributed by atoms with Crippen LogP contribution in [0.5, 0.6) is 0 Å². The first kappa shape index (κ1) is 15.9. The van der Waals surface area contributed by atoms with E-state index in [1.54, 1.807) is 0 Å². The predicted molar refractivity (Wildman–Crippen MR) is 93.2 cm³/mol. The first-order chi connectivity index (χ1) is 11.7. The van der Waals surface area contributed by atoms with Crippen molar-refractivity contribution in [3.05, 3.63) is 29.1 Å². The Morgan fingerprint density at radius 1 is 1.33 bits per heavy atom. The normalized spacial score (nSPS) is 22.4. The smallest absolute Gasteiger partial charge is 0.224 e. The largest absolute Gasteiger partial charge is 0.440 e. The Balaban J connectivity index is 1.37. The molecule has 2 fully saturated rings. The monoisotopic (exact) mass is 347 g/mol. The van der Waals surface area contributed by atoms with Crippen LogP contribution in [0.15, 0.2) is 22.6 Å². The zero-order valence-electron chi connectivity index (χ0n) is 13.6. The molecule has 1 atom stereocenters. The lowest BCUT2D eigenvalue weighted by molar-refractivity contribution is -0.132. The van der Waals surface area contributed by atoms with Gasteiger partial charge >= 0.3 is 0 Å². The number of amides is 1. The summed E-state index contributed by atoms with van der Waals surface area (Å²) in [7, 11) is 0. The van der Waals surface area contributed by atoms with Crippen LogP contribution in [0.3, 0.4) is 0 Å². The third kappa shape index (κ3) is 3.28. The van der Waals surface area contributed by atoms with Gasteiger partial charge in [0, 0.05) is 36.5 Å². The predicted octanol–water partition coefficient (Wildman–Crippen LogP) is 3.33. The number of oxazole rings is 1. The molecule has 2 aromatic rings. The molecule has 4 rings (SSSR count). The van der Waals surface area contributed by atoms with Crippen molar-refractivity contribution in [2.45, 2.75) is 44.1 Å². The Kier molecular flexibility index (Phi) is 4.46. The molecule has 1 unspecified atom stereocenters. The van der Waals surface area contributed by atoms with Gasteiger partial charge in [0.15, 0.2) is 11.5 Å². The summed E-state index contributed by atoms with van der Waals surface area (Å²) in [5.74, 6) is 1.33. The molecular formula is C18H22ClN3O2. The van der Waals surface area contributed by atoms with Gasteiger partial charge < -0.3 is 14.6 Å². The number of carbonyl (C=O) groups excluding carboxylic acids is 1. The fourth-order valence-corrected chi connectivity index (χ4v) is 3.91. The minimum absolute atomic E-state index is 0.275. The number of hydrogen-bond acceptors (Lipinski definition) is 4. The van der Waals surface area contributed by atoms with Crippen molar-refractivity contribution in [3.8, 4) is 0 Å². The van der Waals surface area contributed by atoms with Crippen LogP contribution in [0.25, 0.3) is 11.1 Å². The van der Waals surface area contributed by atoms with Gasteiger partial charge in [-0.15, -0.1) is 0 Å². The first-order valence-corrected chi connectivity index (χ1v) is 9.14. The average molecular weight is 348 g/mol. The maximum atomic E-state index is 12.4. The number of carbonyl (C=O) groups is 1. The standard InChI is InChI=1S/C18H22ClN3O2/c19-13-3-4-16-15(10-13)21-18(24-16)12-5-8-22(9-6-12)17(23)11-14-2-1-7-20-14/h3-4,10,12,14,20H,1-2,5-9,11H2. The van der Waals surface area contributed by atoms with Gasteiger partial charge in [-0.05, 0) is 50.4 Å². The lowest BCUT2D eigenvalue weighted by Gasteiger charge is -2.31. The van der Waals surface area contributed by atoms with Crippen molar-refractivity contribution in [2.24, 2.45) is 0 Å². The van der Waals surface area contributed by atoms with Crippen molar-refractivity contribution in [1.29, 1.82) is 0 Å². The highest BCUT2D eigenvalue weighted by atomic mass is 35.5. The minimum Gasteiger partial charge on any atom is -0.440 e. The lowest BCUT2D eigenvalue weighted by Crippen LogP contribution is -2.40. The van der Waals surface area contributed by atoms with E-state index >= 15 is 0 Å². The number of fused-ring (bicyclic) bond motifs is 1. The van der Waals surface area contributed by atoms with Gasteiger partial charge in [-0.3, -0.25) is 4.79 Å². The van der Waals surface area contributed by atoms with Crippen molar-refractivity contribution >= 4 is 28.6 Å². The maximum Gasteiger partial charge on any atom is 0.224 e. The van der Waals surface area contributed by atoms with E-state index < -0.39 is 0 Å². The van der Waals surface area contributed by atoms with E-state index in [-0.39, 0.29) is 11.8 Å². The molecule has 2 saturated heterocycles. The number of aromatic nitrogens is 1. The van der Waals surface area contributed by atoms with Crippen LogP contribution in [0.2, 0.25) is 5.02 Å². The fraction of sp³-hybridized carbons (Fsp3) is 0.556. The van der Waals surface area contributed by atoms with Crippen LogP contribution < -0.4 is 5.32 Å². The Morgan fingerprint density at radius 2 is 2.17 bits per heavy atom. The summed E-state index contributed by atoms with van der Waals surface area (Å²) in [4.78, 5) is 19.0. The highest BCUT2D eigenvalue weighted by Gasteiger charge is 2.28. The van der Waals surface area contributed by atoms with E-state index in [1.165, 1.54) is 6.42 Å². The highest BCUT2D eigenvalue weighted by Crippen LogP contribution is 2.31. The number of benzene rings is 1. The van der Waals surface area contributed by atoms with Crippen LogP contribution in [-0.2, 0) is 4.79 Å². The Labute approximate surface area is 146 Å². The molecule has 5 nitrogen and oxygen atoms in total. The molecule has 2 aliphatic heterocycles. The average Bonchev–Trinajstić information content (AvgIpc) is 3.24. The van der Waals surface area contributed by atoms with Crippen LogP contribution >= 0.6 is 11.6 Å². The molecule has 2 aliphatic rings. The van der Waals surface area contributed by atoms with Crippen molar-refractivity contribution in [3.63, 3.8) is 0 Å². The molecule has 1 aromatic carbocycles. The minimum atomic E-state index is 0.275. The maximum absolute atomic E-state index is 12.4. The van der Waals surface area contributed by atoms with E-state index in [4.69, 9.17) is 16.0 Å². The van der Waals surface area contributed by atoms with Crippen molar-refractivity contribution in [2.75, 3.05) is 19.6 Å². The number of rotatable bonds is 3. The summed E-state index contributed by atoms with van der Waals surface area (Å²) < 4.78 is 5.88. The molecule has 0 aliphatic carbocycles. The van der Waals surface area contributed by atoms with Gasteiger partial charge in [-0.2, -0.15) is 0 Å². The highest BCUT2D eigenvalue weighted by molar-refractivity contribution is 6.31. The molecule has 0 saturated carbocycles. The third-order valence-corrected chi connectivity index (χ3v) is 5.38. The van der Waals surface area contributed by atoms with Gasteiger partial charge in [0.25, 0.3) is 0 Å². The van der Waals surface area contributed by atoms with Crippen LogP contribution in [0, 0.1) is 0 Å². The molecule has 24 heavy (non-hydrogen) atoms. The molecule has 1 amide bonds. The number of halogens is 1. The third-order valence-electron chi connectivity index (χ3n) is 5.15. The summed E-state index contributed by atoms with van der Waals surface area (Å²) in [6.07, 6.45) is 4.75. The van der Waals surface area contributed by atoms with Gasteiger partial charge in [0.1, 0.15) is 5.52 Å². The topological polar surface area (TPSA) is 58.4 Å². The van der Waals surface area contributed by atoms with Crippen LogP contribution in [0.4, 0.5) is 0 Å². The molecular weight excluding hydrogens is 326 g/mol. The Morgan fingerprint density at radius 3 is 2.92 bits per heavy atom. The fourth-order valence-electron chi connectivity index (χ4n) is 3.74. The quantitative estimate of drug-likeness (QED) is 0.925. The van der Waals surface area contributed by atoms with E-state index in [2.05, 4.69) is 10.3 Å². The molecule has 1 N–H and O–H groups in total. The molecule has 128 valence electrons. The first-order valence-electron chi connectivity index (χ1n) is 8.76. The van der Waals surface area contributed by atoms with Gasteiger partial charge in [0.2, 0.25) is 5.91 Å². The summed E-state index contributed by atoms with van der Waals surface area (Å²) >= 11 is 6.01. The summed E-state index contributed by atoms with van der Waals surface area (Å²) in [6.45, 7) is 2.62. The number of nitrogens with zero attached hydrogens (tertiary/aromatic N) is 2. The second kappa shape index (κ2) is 6.73. The Hall–Kier alpha value is -1.59. The van der Waals surface area contributed by atoms with Crippen molar-refractivity contribution < 1.29 is 9.21 Å². The summed E-state index contributed by atoms with van der Waals surface area (Å²) in [6, 6.07) is 5.88. The molecule has 0 bridgehead atoms. The second-order valence-corrected chi connectivity index (χ2v) is 7.25. The SMILES string of the molecule is O=C(CC1CCCN1)N1CCC(c2nc3cc(Cl)ccc3o2)CC1. The van der Waals surface area contributed by atoms with Gasteiger partial charge in [-0.25, -0.2) is 4.98 Å². The van der Waals surface area contributed by atoms with E-state index in [0.29, 0.717) is 17.5 Å². The second-order valence-electron chi connectivity index (χ2n) is 6.82. The van der Waals surface area contributed by atoms with Crippen LogP contribution in [-0.4, -0.2) is 41.5 Å². The number of likely N-dealkylation sites (tertiary alicyclic amines) is 1. The zero-order chi connectivity index (χ0) is 16.5. The van der Waals surface area contributed by atoms with E-state index in [1.807, 2.05) is 23.1 Å². The molecule has 3 heterocycles. The number of hydrogen-bond donors (Lipinski definition) is 1. The van der Waals surface area contributed by atoms with Gasteiger partial charge in [-0.1, -0.05) is 11.6 Å². The number of nitrogens with one attached hydrogen (secondary N) is 1. The molecule has 0 radical (unpaired) electrons. The van der Waals surface area contributed by atoms with Gasteiger partial charge in [0.05, 0.1) is 0 Å². The molecule has 0 spiro atoms. The zero-order valence-corrected chi connectivity index (χ0v) is 14.4. The molecule has 6 heteroatoms. The molecule has 1 aromatic heterocycles.